The van der Waals surface area contributed by atoms with E-state index in [4.69, 9.17) is 6.57 Å². The van der Waals surface area contributed by atoms with Gasteiger partial charge in [-0.05, 0) is 12.1 Å². The van der Waals surface area contributed by atoms with Crippen LogP contribution >= 0.6 is 0 Å². The molecule has 0 saturated heterocycles. The Morgan fingerprint density at radius 2 is 1.79 bits per heavy atom. The topological polar surface area (TPSA) is 38.5 Å². The van der Waals surface area contributed by atoms with Crippen LogP contribution in [0.15, 0.2) is 35.2 Å². The number of rotatable bonds is 2. The van der Waals surface area contributed by atoms with Crippen LogP contribution in [-0.4, -0.2) is 13.3 Å². The fourth-order valence-electron chi connectivity index (χ4n) is 1.37. The zero-order valence-electron chi connectivity index (χ0n) is 7.47. The number of benzene rings is 1. The maximum Gasteiger partial charge on any atom is 0.334 e. The molecule has 0 aromatic heterocycles. The Kier molecular flexibility index (Phi) is 1.86. The first-order valence-electron chi connectivity index (χ1n) is 4.31. The van der Waals surface area contributed by atoms with Gasteiger partial charge in [0.1, 0.15) is 0 Å². The summed E-state index contributed by atoms with van der Waals surface area (Å²) in [5.41, 5.74) is 0. The van der Waals surface area contributed by atoms with Crippen LogP contribution in [0.3, 0.4) is 0 Å². The van der Waals surface area contributed by atoms with E-state index in [-0.39, 0.29) is 4.90 Å². The number of hydrogen-bond donors (Lipinski definition) is 0. The van der Waals surface area contributed by atoms with Crippen LogP contribution in [0, 0.1) is 6.57 Å². The van der Waals surface area contributed by atoms with E-state index in [0.717, 1.165) is 0 Å². The molecule has 0 unspecified atom stereocenters. The van der Waals surface area contributed by atoms with Gasteiger partial charge in [-0.1, -0.05) is 18.2 Å². The molecule has 0 spiro atoms. The monoisotopic (exact) mass is 207 g/mol. The van der Waals surface area contributed by atoms with Gasteiger partial charge in [0.25, 0.3) is 9.84 Å². The van der Waals surface area contributed by atoms with Gasteiger partial charge in [-0.3, -0.25) is 4.85 Å². The first-order chi connectivity index (χ1) is 6.62. The summed E-state index contributed by atoms with van der Waals surface area (Å²) in [6.07, 6.45) is 0.932. The molecule has 14 heavy (non-hydrogen) atoms. The van der Waals surface area contributed by atoms with Gasteiger partial charge < -0.3 is 0 Å². The largest absolute Gasteiger partial charge is 0.334 e. The van der Waals surface area contributed by atoms with E-state index in [0.29, 0.717) is 12.8 Å². The molecule has 1 saturated carbocycles. The average Bonchev–Trinajstić information content (AvgIpc) is 3.00. The molecule has 0 atom stereocenters. The van der Waals surface area contributed by atoms with Crippen LogP contribution in [0.5, 0.6) is 0 Å². The third-order valence-electron chi connectivity index (χ3n) is 2.44. The standard InChI is InChI=1S/C10H9NO2S/c1-11-10(7-8-10)14(12,13)9-5-3-2-4-6-9/h2-6H,7-8H2. The quantitative estimate of drug-likeness (QED) is 0.694. The molecule has 0 aliphatic heterocycles. The van der Waals surface area contributed by atoms with E-state index in [9.17, 15) is 8.42 Å². The summed E-state index contributed by atoms with van der Waals surface area (Å²) >= 11 is 0. The molecule has 0 heterocycles. The molecule has 1 aromatic rings. The lowest BCUT2D eigenvalue weighted by Crippen LogP contribution is -2.18. The van der Waals surface area contributed by atoms with Gasteiger partial charge in [0.2, 0.25) is 0 Å². The smallest absolute Gasteiger partial charge is 0.293 e. The van der Waals surface area contributed by atoms with E-state index in [1.54, 1.807) is 30.3 Å². The Morgan fingerprint density at radius 1 is 1.21 bits per heavy atom. The zero-order chi connectivity index (χ0) is 10.2. The van der Waals surface area contributed by atoms with Gasteiger partial charge in [0, 0.05) is 0 Å². The summed E-state index contributed by atoms with van der Waals surface area (Å²) in [4.78, 5) is 2.35. The summed E-state index contributed by atoms with van der Waals surface area (Å²) in [6.45, 7) is 6.92. The van der Waals surface area contributed by atoms with Crippen molar-refractivity contribution >= 4 is 9.84 Å². The zero-order valence-corrected chi connectivity index (χ0v) is 8.29. The second-order valence-corrected chi connectivity index (χ2v) is 5.61. The van der Waals surface area contributed by atoms with Crippen LogP contribution in [0.2, 0.25) is 0 Å². The van der Waals surface area contributed by atoms with Crippen LogP contribution in [0.1, 0.15) is 12.8 Å². The fraction of sp³-hybridized carbons (Fsp3) is 0.300. The highest BCUT2D eigenvalue weighted by Gasteiger charge is 2.63. The molecule has 1 fully saturated rings. The predicted molar refractivity (Wildman–Crippen MR) is 52.2 cm³/mol. The van der Waals surface area contributed by atoms with Crippen molar-refractivity contribution in [1.82, 2.24) is 0 Å². The minimum Gasteiger partial charge on any atom is -0.293 e. The van der Waals surface area contributed by atoms with E-state index in [1.165, 1.54) is 0 Å². The molecule has 4 heteroatoms. The Bertz CT molecular complexity index is 481. The third kappa shape index (κ3) is 1.13. The molecular formula is C10H9NO2S. The molecule has 0 amide bonds. The van der Waals surface area contributed by atoms with Gasteiger partial charge in [-0.15, -0.1) is 0 Å². The van der Waals surface area contributed by atoms with E-state index in [2.05, 4.69) is 4.85 Å². The molecule has 0 N–H and O–H groups in total. The Labute approximate surface area is 83.1 Å². The Balaban J connectivity index is 2.51. The maximum absolute atomic E-state index is 11.9. The van der Waals surface area contributed by atoms with Gasteiger partial charge in [-0.25, -0.2) is 15.0 Å². The van der Waals surface area contributed by atoms with Crippen LogP contribution in [-0.2, 0) is 9.84 Å². The molecule has 1 aliphatic rings. The Hall–Kier alpha value is -1.34. The van der Waals surface area contributed by atoms with Crippen molar-refractivity contribution in [2.24, 2.45) is 0 Å². The van der Waals surface area contributed by atoms with Crippen molar-refractivity contribution < 1.29 is 8.42 Å². The van der Waals surface area contributed by atoms with Crippen LogP contribution < -0.4 is 0 Å². The van der Waals surface area contributed by atoms with Crippen molar-refractivity contribution in [2.45, 2.75) is 22.6 Å². The van der Waals surface area contributed by atoms with Crippen molar-refractivity contribution in [1.29, 1.82) is 0 Å². The van der Waals surface area contributed by atoms with Gasteiger partial charge >= 0.3 is 4.87 Å². The second kappa shape index (κ2) is 2.82. The second-order valence-electron chi connectivity index (χ2n) is 3.37. The lowest BCUT2D eigenvalue weighted by atomic mass is 10.4. The highest BCUT2D eigenvalue weighted by molar-refractivity contribution is 7.93. The van der Waals surface area contributed by atoms with Crippen LogP contribution in [0.25, 0.3) is 4.85 Å². The molecule has 72 valence electrons. The molecule has 0 bridgehead atoms. The average molecular weight is 207 g/mol. The lowest BCUT2D eigenvalue weighted by molar-refractivity contribution is 0.587. The van der Waals surface area contributed by atoms with Crippen LogP contribution in [0.4, 0.5) is 0 Å². The predicted octanol–water partition coefficient (Wildman–Crippen LogP) is 1.87. The third-order valence-corrected chi connectivity index (χ3v) is 4.83. The first kappa shape index (κ1) is 9.22. The van der Waals surface area contributed by atoms with Crippen molar-refractivity contribution in [3.05, 3.63) is 41.7 Å². The van der Waals surface area contributed by atoms with Crippen molar-refractivity contribution in [3.63, 3.8) is 0 Å². The molecule has 1 aliphatic carbocycles. The molecule has 0 radical (unpaired) electrons. The van der Waals surface area contributed by atoms with Gasteiger partial charge in [-0.2, -0.15) is 0 Å². The van der Waals surface area contributed by atoms with Crippen molar-refractivity contribution in [3.8, 4) is 0 Å². The minimum atomic E-state index is -3.43. The normalized spacial score (nSPS) is 18.5. The molecule has 1 aromatic carbocycles. The highest BCUT2D eigenvalue weighted by Crippen LogP contribution is 2.47. The van der Waals surface area contributed by atoms with E-state index in [1.807, 2.05) is 0 Å². The first-order valence-corrected chi connectivity index (χ1v) is 5.79. The molecule has 3 nitrogen and oxygen atoms in total. The molecule has 2 rings (SSSR count). The lowest BCUT2D eigenvalue weighted by Gasteiger charge is -2.04. The van der Waals surface area contributed by atoms with E-state index >= 15 is 0 Å². The summed E-state index contributed by atoms with van der Waals surface area (Å²) in [6, 6.07) is 8.19. The number of sulfone groups is 1. The number of hydrogen-bond acceptors (Lipinski definition) is 2. The number of nitrogens with zero attached hydrogens (tertiary/aromatic N) is 1. The summed E-state index contributed by atoms with van der Waals surface area (Å²) in [5.74, 6) is 0. The van der Waals surface area contributed by atoms with Gasteiger partial charge in [0.15, 0.2) is 0 Å². The highest BCUT2D eigenvalue weighted by atomic mass is 32.2. The summed E-state index contributed by atoms with van der Waals surface area (Å²) in [5, 5.41) is 0. The van der Waals surface area contributed by atoms with E-state index < -0.39 is 14.7 Å². The Morgan fingerprint density at radius 3 is 2.21 bits per heavy atom. The van der Waals surface area contributed by atoms with Gasteiger partial charge in [0.05, 0.1) is 17.7 Å². The minimum absolute atomic E-state index is 0.258. The SMILES string of the molecule is [C-]#[N+]C1(S(=O)(=O)c2ccccc2)CC1. The van der Waals surface area contributed by atoms with Crippen molar-refractivity contribution in [2.75, 3.05) is 0 Å². The summed E-state index contributed by atoms with van der Waals surface area (Å²) < 4.78 is 23.9. The fourth-order valence-corrected chi connectivity index (χ4v) is 3.08. The maximum atomic E-state index is 11.9. The molecular weight excluding hydrogens is 198 g/mol. The summed E-state index contributed by atoms with van der Waals surface area (Å²) in [7, 11) is -3.43.